The molecule has 0 unspecified atom stereocenters. The van der Waals surface area contributed by atoms with Gasteiger partial charge in [0.2, 0.25) is 0 Å². The van der Waals surface area contributed by atoms with Gasteiger partial charge in [-0.1, -0.05) is 53.3 Å². The first-order valence-electron chi connectivity index (χ1n) is 6.05. The van der Waals surface area contributed by atoms with Crippen LogP contribution < -0.4 is 0 Å². The predicted octanol–water partition coefficient (Wildman–Crippen LogP) is 4.12. The fraction of sp³-hybridized carbons (Fsp3) is 0.118. The van der Waals surface area contributed by atoms with Gasteiger partial charge in [-0.05, 0) is 36.8 Å². The van der Waals surface area contributed by atoms with Crippen molar-refractivity contribution in [1.29, 1.82) is 0 Å². The molecule has 0 fully saturated rings. The van der Waals surface area contributed by atoms with Crippen molar-refractivity contribution in [3.8, 4) is 11.8 Å². The standard InChI is InChI=1S/C17H14ClN/c1-14-4-6-15(7-5-14)3-2-12-19-13-16-8-10-17(18)11-9-16/h4-11,13H,12H2,1H3/b19-13+. The molecule has 0 aliphatic heterocycles. The Morgan fingerprint density at radius 2 is 1.74 bits per heavy atom. The Hall–Kier alpha value is -2.04. The third-order valence-corrected chi connectivity index (χ3v) is 2.82. The Balaban J connectivity index is 1.90. The molecule has 0 spiro atoms. The van der Waals surface area contributed by atoms with Gasteiger partial charge in [-0.15, -0.1) is 0 Å². The second kappa shape index (κ2) is 6.78. The van der Waals surface area contributed by atoms with Gasteiger partial charge in [0.1, 0.15) is 6.54 Å². The summed E-state index contributed by atoms with van der Waals surface area (Å²) in [5.74, 6) is 6.11. The van der Waals surface area contributed by atoms with E-state index >= 15 is 0 Å². The minimum atomic E-state index is 0.497. The molecule has 0 saturated carbocycles. The molecule has 0 bridgehead atoms. The van der Waals surface area contributed by atoms with Gasteiger partial charge in [0.25, 0.3) is 0 Å². The number of hydrogen-bond donors (Lipinski definition) is 0. The van der Waals surface area contributed by atoms with Crippen LogP contribution in [0.25, 0.3) is 0 Å². The molecule has 2 rings (SSSR count). The summed E-state index contributed by atoms with van der Waals surface area (Å²) in [7, 11) is 0. The Kier molecular flexibility index (Phi) is 4.78. The molecule has 19 heavy (non-hydrogen) atoms. The molecule has 0 aromatic heterocycles. The van der Waals surface area contributed by atoms with Crippen molar-refractivity contribution in [1.82, 2.24) is 0 Å². The van der Waals surface area contributed by atoms with Gasteiger partial charge in [0.15, 0.2) is 0 Å². The summed E-state index contributed by atoms with van der Waals surface area (Å²) in [5, 5.41) is 0.733. The van der Waals surface area contributed by atoms with Crippen molar-refractivity contribution in [2.75, 3.05) is 6.54 Å². The van der Waals surface area contributed by atoms with Gasteiger partial charge < -0.3 is 0 Å². The molecule has 0 radical (unpaired) electrons. The highest BCUT2D eigenvalue weighted by Gasteiger charge is 1.87. The summed E-state index contributed by atoms with van der Waals surface area (Å²) < 4.78 is 0. The number of nitrogens with zero attached hydrogens (tertiary/aromatic N) is 1. The molecular formula is C17H14ClN. The van der Waals surface area contributed by atoms with Crippen LogP contribution in [0.2, 0.25) is 5.02 Å². The summed E-state index contributed by atoms with van der Waals surface area (Å²) in [6.45, 7) is 2.56. The van der Waals surface area contributed by atoms with Crippen LogP contribution in [0.4, 0.5) is 0 Å². The zero-order valence-corrected chi connectivity index (χ0v) is 11.5. The molecule has 2 heteroatoms. The van der Waals surface area contributed by atoms with Crippen molar-refractivity contribution in [3.63, 3.8) is 0 Å². The van der Waals surface area contributed by atoms with Crippen LogP contribution in [-0.2, 0) is 0 Å². The molecule has 0 aliphatic carbocycles. The van der Waals surface area contributed by atoms with Crippen molar-refractivity contribution in [2.24, 2.45) is 4.99 Å². The molecule has 0 aliphatic rings. The summed E-state index contributed by atoms with van der Waals surface area (Å²) in [6.07, 6.45) is 1.81. The third kappa shape index (κ3) is 4.62. The maximum atomic E-state index is 5.81. The molecule has 2 aromatic carbocycles. The molecule has 2 aromatic rings. The minimum absolute atomic E-state index is 0.497. The van der Waals surface area contributed by atoms with Crippen LogP contribution in [0.1, 0.15) is 16.7 Å². The van der Waals surface area contributed by atoms with Crippen molar-refractivity contribution < 1.29 is 0 Å². The van der Waals surface area contributed by atoms with Crippen LogP contribution in [0.5, 0.6) is 0 Å². The normalized spacial score (nSPS) is 10.2. The molecule has 0 saturated heterocycles. The van der Waals surface area contributed by atoms with Crippen LogP contribution >= 0.6 is 11.6 Å². The van der Waals surface area contributed by atoms with E-state index in [0.717, 1.165) is 16.1 Å². The van der Waals surface area contributed by atoms with Crippen LogP contribution in [-0.4, -0.2) is 12.8 Å². The fourth-order valence-electron chi connectivity index (χ4n) is 1.52. The minimum Gasteiger partial charge on any atom is -0.280 e. The molecule has 0 atom stereocenters. The quantitative estimate of drug-likeness (QED) is 0.573. The molecular weight excluding hydrogens is 254 g/mol. The van der Waals surface area contributed by atoms with Gasteiger partial charge in [-0.3, -0.25) is 4.99 Å². The predicted molar refractivity (Wildman–Crippen MR) is 82.0 cm³/mol. The highest BCUT2D eigenvalue weighted by Crippen LogP contribution is 2.07. The second-order valence-corrected chi connectivity index (χ2v) is 4.63. The first-order valence-corrected chi connectivity index (χ1v) is 6.43. The Morgan fingerprint density at radius 3 is 2.42 bits per heavy atom. The van der Waals surface area contributed by atoms with Gasteiger partial charge in [0, 0.05) is 16.8 Å². The Bertz CT molecular complexity index is 613. The number of aryl methyl sites for hydroxylation is 1. The molecule has 1 nitrogen and oxygen atoms in total. The lowest BCUT2D eigenvalue weighted by Gasteiger charge is -1.92. The monoisotopic (exact) mass is 267 g/mol. The highest BCUT2D eigenvalue weighted by molar-refractivity contribution is 6.30. The van der Waals surface area contributed by atoms with E-state index in [9.17, 15) is 0 Å². The van der Waals surface area contributed by atoms with E-state index in [1.165, 1.54) is 5.56 Å². The zero-order valence-electron chi connectivity index (χ0n) is 10.7. The average molecular weight is 268 g/mol. The largest absolute Gasteiger partial charge is 0.280 e. The first-order chi connectivity index (χ1) is 9.24. The van der Waals surface area contributed by atoms with Crippen molar-refractivity contribution in [2.45, 2.75) is 6.92 Å². The summed E-state index contributed by atoms with van der Waals surface area (Å²) in [4.78, 5) is 4.26. The molecule has 0 heterocycles. The van der Waals surface area contributed by atoms with E-state index < -0.39 is 0 Å². The number of hydrogen-bond acceptors (Lipinski definition) is 1. The summed E-state index contributed by atoms with van der Waals surface area (Å²) in [6, 6.07) is 15.7. The second-order valence-electron chi connectivity index (χ2n) is 4.19. The maximum Gasteiger partial charge on any atom is 0.100 e. The molecule has 94 valence electrons. The lowest BCUT2D eigenvalue weighted by atomic mass is 10.2. The van der Waals surface area contributed by atoms with Gasteiger partial charge in [-0.2, -0.15) is 0 Å². The lowest BCUT2D eigenvalue weighted by molar-refractivity contribution is 1.30. The number of aliphatic imine (C=N–C) groups is 1. The van der Waals surface area contributed by atoms with E-state index in [2.05, 4.69) is 35.9 Å². The van der Waals surface area contributed by atoms with Gasteiger partial charge in [0.05, 0.1) is 0 Å². The van der Waals surface area contributed by atoms with Crippen LogP contribution in [0, 0.1) is 18.8 Å². The van der Waals surface area contributed by atoms with Crippen molar-refractivity contribution >= 4 is 17.8 Å². The SMILES string of the molecule is Cc1ccc(C#CC/N=C/c2ccc(Cl)cc2)cc1. The lowest BCUT2D eigenvalue weighted by Crippen LogP contribution is -1.82. The third-order valence-electron chi connectivity index (χ3n) is 2.57. The number of benzene rings is 2. The average Bonchev–Trinajstić information content (AvgIpc) is 2.43. The van der Waals surface area contributed by atoms with E-state index in [0.29, 0.717) is 6.54 Å². The van der Waals surface area contributed by atoms with E-state index in [1.54, 1.807) is 6.21 Å². The number of halogens is 1. The maximum absolute atomic E-state index is 5.81. The molecule has 0 amide bonds. The van der Waals surface area contributed by atoms with E-state index in [1.807, 2.05) is 36.4 Å². The highest BCUT2D eigenvalue weighted by atomic mass is 35.5. The summed E-state index contributed by atoms with van der Waals surface area (Å²) in [5.41, 5.74) is 3.29. The Labute approximate surface area is 119 Å². The number of rotatable bonds is 2. The fourth-order valence-corrected chi connectivity index (χ4v) is 1.65. The van der Waals surface area contributed by atoms with Gasteiger partial charge in [-0.25, -0.2) is 0 Å². The van der Waals surface area contributed by atoms with Gasteiger partial charge >= 0.3 is 0 Å². The zero-order chi connectivity index (χ0) is 13.5. The molecule has 0 N–H and O–H groups in total. The van der Waals surface area contributed by atoms with Crippen LogP contribution in [0.3, 0.4) is 0 Å². The first kappa shape index (κ1) is 13.4. The van der Waals surface area contributed by atoms with Crippen LogP contribution in [0.15, 0.2) is 53.5 Å². The van der Waals surface area contributed by atoms with E-state index in [-0.39, 0.29) is 0 Å². The Morgan fingerprint density at radius 1 is 1.05 bits per heavy atom. The summed E-state index contributed by atoms with van der Waals surface area (Å²) >= 11 is 5.81. The smallest absolute Gasteiger partial charge is 0.100 e. The van der Waals surface area contributed by atoms with E-state index in [4.69, 9.17) is 11.6 Å². The topological polar surface area (TPSA) is 12.4 Å². The van der Waals surface area contributed by atoms with Crippen molar-refractivity contribution in [3.05, 3.63) is 70.2 Å².